The van der Waals surface area contributed by atoms with Crippen LogP contribution in [0, 0.1) is 11.3 Å². The maximum absolute atomic E-state index is 12.2. The Kier molecular flexibility index (Phi) is 6.02. The van der Waals surface area contributed by atoms with Crippen molar-refractivity contribution >= 4 is 5.97 Å². The fourth-order valence-electron chi connectivity index (χ4n) is 3.58. The van der Waals surface area contributed by atoms with Crippen LogP contribution in [0.5, 0.6) is 0 Å². The molecule has 0 radical (unpaired) electrons. The first-order valence-corrected chi connectivity index (χ1v) is 8.23. The maximum Gasteiger partial charge on any atom is 0.313 e. The van der Waals surface area contributed by atoms with E-state index >= 15 is 0 Å². The molecule has 21 heavy (non-hydrogen) atoms. The predicted molar refractivity (Wildman–Crippen MR) is 82.2 cm³/mol. The number of hydrogen-bond donors (Lipinski definition) is 1. The monoisotopic (exact) mass is 298 g/mol. The van der Waals surface area contributed by atoms with Crippen LogP contribution in [0.3, 0.4) is 0 Å². The summed E-state index contributed by atoms with van der Waals surface area (Å²) in [6.07, 6.45) is 2.67. The molecule has 0 aromatic carbocycles. The second kappa shape index (κ2) is 7.56. The lowest BCUT2D eigenvalue weighted by molar-refractivity contribution is -0.158. The lowest BCUT2D eigenvalue weighted by Crippen LogP contribution is -2.53. The number of methoxy groups -OCH3 is 1. The van der Waals surface area contributed by atoms with E-state index in [1.54, 1.807) is 0 Å². The van der Waals surface area contributed by atoms with Gasteiger partial charge in [0.2, 0.25) is 0 Å². The molecule has 122 valence electrons. The molecule has 0 aromatic rings. The zero-order valence-corrected chi connectivity index (χ0v) is 13.7. The van der Waals surface area contributed by atoms with Crippen molar-refractivity contribution in [1.29, 1.82) is 0 Å². The van der Waals surface area contributed by atoms with Gasteiger partial charge in [-0.2, -0.15) is 0 Å². The zero-order chi connectivity index (χ0) is 15.3. The van der Waals surface area contributed by atoms with E-state index in [0.717, 1.165) is 38.9 Å². The molecule has 0 bridgehead atoms. The molecule has 0 unspecified atom stereocenters. The minimum atomic E-state index is -0.394. The summed E-state index contributed by atoms with van der Waals surface area (Å²) in [7, 11) is 1.49. The van der Waals surface area contributed by atoms with E-state index in [1.807, 2.05) is 0 Å². The summed E-state index contributed by atoms with van der Waals surface area (Å²) >= 11 is 0. The molecule has 2 fully saturated rings. The van der Waals surface area contributed by atoms with Gasteiger partial charge in [0.25, 0.3) is 0 Å². The van der Waals surface area contributed by atoms with Gasteiger partial charge in [0, 0.05) is 32.3 Å². The van der Waals surface area contributed by atoms with Crippen molar-refractivity contribution in [3.8, 4) is 0 Å². The highest BCUT2D eigenvalue weighted by Gasteiger charge is 2.41. The van der Waals surface area contributed by atoms with Crippen molar-refractivity contribution in [3.63, 3.8) is 0 Å². The van der Waals surface area contributed by atoms with Crippen LogP contribution in [0.25, 0.3) is 0 Å². The van der Waals surface area contributed by atoms with Gasteiger partial charge < -0.3 is 19.7 Å². The summed E-state index contributed by atoms with van der Waals surface area (Å²) in [6.45, 7) is 9.95. The fraction of sp³-hybridized carbons (Fsp3) is 0.938. The fourth-order valence-corrected chi connectivity index (χ4v) is 3.58. The van der Waals surface area contributed by atoms with E-state index in [4.69, 9.17) is 9.47 Å². The summed E-state index contributed by atoms with van der Waals surface area (Å²) in [6, 6.07) is 0.497. The zero-order valence-electron chi connectivity index (χ0n) is 13.7. The molecule has 5 nitrogen and oxygen atoms in total. The summed E-state index contributed by atoms with van der Waals surface area (Å²) in [4.78, 5) is 14.7. The van der Waals surface area contributed by atoms with Gasteiger partial charge in [-0.1, -0.05) is 13.8 Å². The van der Waals surface area contributed by atoms with Crippen LogP contribution in [0.4, 0.5) is 0 Å². The average Bonchev–Trinajstić information content (AvgIpc) is 2.53. The number of esters is 1. The maximum atomic E-state index is 12.2. The quantitative estimate of drug-likeness (QED) is 0.775. The second-order valence-corrected chi connectivity index (χ2v) is 6.53. The number of ether oxygens (including phenoxy) is 2. The molecular formula is C16H30N2O3. The molecule has 2 atom stereocenters. The number of nitrogens with zero attached hydrogens (tertiary/aromatic N) is 1. The summed E-state index contributed by atoms with van der Waals surface area (Å²) in [5, 5.41) is 3.66. The minimum Gasteiger partial charge on any atom is -0.469 e. The Hall–Kier alpha value is -0.650. The lowest BCUT2D eigenvalue weighted by Gasteiger charge is -2.40. The SMILES string of the molecule is CCN1CC[C@H](NCC2(C(=O)OC)CCOCC2)[C@H](C)C1. The topological polar surface area (TPSA) is 50.8 Å². The van der Waals surface area contributed by atoms with Gasteiger partial charge in [-0.3, -0.25) is 4.79 Å². The van der Waals surface area contributed by atoms with Crippen LogP contribution in [0.2, 0.25) is 0 Å². The number of carbonyl (C=O) groups is 1. The molecule has 0 spiro atoms. The van der Waals surface area contributed by atoms with E-state index < -0.39 is 5.41 Å². The molecule has 2 aliphatic rings. The van der Waals surface area contributed by atoms with E-state index in [2.05, 4.69) is 24.1 Å². The highest BCUT2D eigenvalue weighted by Crippen LogP contribution is 2.32. The Bertz CT molecular complexity index is 342. The summed E-state index contributed by atoms with van der Waals surface area (Å²) in [5.41, 5.74) is -0.394. The van der Waals surface area contributed by atoms with Gasteiger partial charge in [-0.05, 0) is 38.3 Å². The van der Waals surface area contributed by atoms with E-state index in [9.17, 15) is 4.79 Å². The lowest BCUT2D eigenvalue weighted by atomic mass is 9.79. The van der Waals surface area contributed by atoms with Gasteiger partial charge in [0.15, 0.2) is 0 Å². The molecule has 0 aromatic heterocycles. The number of piperidine rings is 1. The van der Waals surface area contributed by atoms with Crippen LogP contribution in [0.1, 0.15) is 33.1 Å². The molecule has 2 aliphatic heterocycles. The highest BCUT2D eigenvalue weighted by atomic mass is 16.5. The molecule has 2 saturated heterocycles. The standard InChI is InChI=1S/C16H30N2O3/c1-4-18-8-5-14(13(2)11-18)17-12-16(15(19)20-3)6-9-21-10-7-16/h13-14,17H,4-12H2,1-3H3/t13-,14+/m1/s1. The van der Waals surface area contributed by atoms with Gasteiger partial charge in [-0.25, -0.2) is 0 Å². The summed E-state index contributed by atoms with van der Waals surface area (Å²) < 4.78 is 10.5. The van der Waals surface area contributed by atoms with Crippen molar-refractivity contribution < 1.29 is 14.3 Å². The molecule has 0 saturated carbocycles. The Morgan fingerprint density at radius 3 is 2.71 bits per heavy atom. The number of hydrogen-bond acceptors (Lipinski definition) is 5. The van der Waals surface area contributed by atoms with Crippen LogP contribution < -0.4 is 5.32 Å². The molecular weight excluding hydrogens is 268 g/mol. The van der Waals surface area contributed by atoms with Crippen molar-refractivity contribution in [3.05, 3.63) is 0 Å². The Morgan fingerprint density at radius 2 is 2.14 bits per heavy atom. The van der Waals surface area contributed by atoms with Gasteiger partial charge >= 0.3 is 5.97 Å². The van der Waals surface area contributed by atoms with E-state index in [0.29, 0.717) is 31.7 Å². The third-order valence-electron chi connectivity index (χ3n) is 5.21. The summed E-state index contributed by atoms with van der Waals surface area (Å²) in [5.74, 6) is 0.533. The van der Waals surface area contributed by atoms with Crippen molar-refractivity contribution in [1.82, 2.24) is 10.2 Å². The predicted octanol–water partition coefficient (Wildman–Crippen LogP) is 1.28. The number of rotatable bonds is 5. The van der Waals surface area contributed by atoms with Gasteiger partial charge in [-0.15, -0.1) is 0 Å². The first kappa shape index (κ1) is 16.7. The number of nitrogens with one attached hydrogen (secondary N) is 1. The van der Waals surface area contributed by atoms with Crippen LogP contribution >= 0.6 is 0 Å². The molecule has 1 N–H and O–H groups in total. The van der Waals surface area contributed by atoms with Crippen LogP contribution in [0.15, 0.2) is 0 Å². The average molecular weight is 298 g/mol. The minimum absolute atomic E-state index is 0.0862. The number of likely N-dealkylation sites (tertiary alicyclic amines) is 1. The van der Waals surface area contributed by atoms with Crippen molar-refractivity contribution in [2.24, 2.45) is 11.3 Å². The van der Waals surface area contributed by atoms with Gasteiger partial charge in [0.1, 0.15) is 0 Å². The van der Waals surface area contributed by atoms with E-state index in [1.165, 1.54) is 7.11 Å². The Balaban J connectivity index is 1.91. The van der Waals surface area contributed by atoms with Crippen LogP contribution in [-0.2, 0) is 14.3 Å². The largest absolute Gasteiger partial charge is 0.469 e. The molecule has 5 heteroatoms. The molecule has 2 rings (SSSR count). The second-order valence-electron chi connectivity index (χ2n) is 6.53. The number of carbonyl (C=O) groups excluding carboxylic acids is 1. The third kappa shape index (κ3) is 3.96. The smallest absolute Gasteiger partial charge is 0.313 e. The van der Waals surface area contributed by atoms with Gasteiger partial charge in [0.05, 0.1) is 12.5 Å². The van der Waals surface area contributed by atoms with Crippen LogP contribution in [-0.4, -0.2) is 63.4 Å². The van der Waals surface area contributed by atoms with Crippen molar-refractivity contribution in [2.45, 2.75) is 39.2 Å². The molecule has 0 aliphatic carbocycles. The first-order valence-electron chi connectivity index (χ1n) is 8.23. The molecule has 0 amide bonds. The normalized spacial score (nSPS) is 30.0. The first-order chi connectivity index (χ1) is 10.1. The van der Waals surface area contributed by atoms with E-state index in [-0.39, 0.29) is 5.97 Å². The third-order valence-corrected chi connectivity index (χ3v) is 5.21. The molecule has 2 heterocycles. The Labute approximate surface area is 128 Å². The highest BCUT2D eigenvalue weighted by molar-refractivity contribution is 5.77. The Morgan fingerprint density at radius 1 is 1.43 bits per heavy atom. The van der Waals surface area contributed by atoms with Crippen molar-refractivity contribution in [2.75, 3.05) is 46.5 Å².